The van der Waals surface area contributed by atoms with E-state index in [1.807, 2.05) is 0 Å². The Bertz CT molecular complexity index is 1380. The van der Waals surface area contributed by atoms with E-state index in [-0.39, 0.29) is 33.6 Å². The number of fused-ring (bicyclic) bond motifs is 1. The maximum Gasteiger partial charge on any atom is 0.254 e. The van der Waals surface area contributed by atoms with Crippen molar-refractivity contribution in [3.05, 3.63) is 71.7 Å². The number of nitrogens with one attached hydrogen (secondary N) is 2. The topological polar surface area (TPSA) is 179 Å². The van der Waals surface area contributed by atoms with Crippen molar-refractivity contribution in [1.82, 2.24) is 9.97 Å². The zero-order valence-electron chi connectivity index (χ0n) is 18.3. The molecule has 1 aromatic heterocycles. The first-order chi connectivity index (χ1) is 16.1. The number of nitrogens with zero attached hydrogens (tertiary/aromatic N) is 2. The van der Waals surface area contributed by atoms with Gasteiger partial charge in [0.2, 0.25) is 16.0 Å². The summed E-state index contributed by atoms with van der Waals surface area (Å²) in [5, 5.41) is 10.8. The molecule has 4 rings (SSSR count). The van der Waals surface area contributed by atoms with Crippen molar-refractivity contribution in [1.29, 1.82) is 0 Å². The molecule has 0 spiro atoms. The highest BCUT2D eigenvalue weighted by Gasteiger charge is 2.20. The molecule has 0 saturated carbocycles. The minimum atomic E-state index is -4.06. The summed E-state index contributed by atoms with van der Waals surface area (Å²) < 4.78 is 38.4. The summed E-state index contributed by atoms with van der Waals surface area (Å²) in [7, 11) is -2.56. The van der Waals surface area contributed by atoms with Gasteiger partial charge in [-0.2, -0.15) is 4.98 Å². The Morgan fingerprint density at radius 1 is 1.12 bits per heavy atom. The lowest BCUT2D eigenvalue weighted by atomic mass is 10.1. The third-order valence-corrected chi connectivity index (χ3v) is 5.99. The van der Waals surface area contributed by atoms with E-state index < -0.39 is 21.7 Å². The highest BCUT2D eigenvalue weighted by Crippen LogP contribution is 2.35. The molecule has 0 bridgehead atoms. The average molecular weight is 486 g/mol. The summed E-state index contributed by atoms with van der Waals surface area (Å²) in [5.74, 6) is -1.44. The van der Waals surface area contributed by atoms with E-state index in [0.29, 0.717) is 0 Å². The first-order valence-electron chi connectivity index (χ1n) is 10.0. The number of anilines is 4. The van der Waals surface area contributed by atoms with Crippen molar-refractivity contribution in [2.24, 2.45) is 16.6 Å². The van der Waals surface area contributed by atoms with Crippen molar-refractivity contribution in [3.63, 3.8) is 0 Å². The molecule has 0 fully saturated rings. The number of primary sulfonamides is 1. The van der Waals surface area contributed by atoms with Crippen LogP contribution in [-0.2, 0) is 16.4 Å². The Balaban J connectivity index is 0.00000158. The number of nitrogens with two attached hydrogens (primary N) is 3. The standard InChI is InChI=1S/C21H19FN6O3S.CH5N/c1-11-6-7-12-8-17(15(22)9-13(11)12)27-21-25-10-14(19(23)29)20(28-21)26-16-4-2-3-5-18(16)32(24,30)31;1-2/h2-5,8-10H,1,6-7H2,(H2,23,29)(H2,24,30,31)(H2,25,26,27,28);2H2,1H3. The van der Waals surface area contributed by atoms with Gasteiger partial charge in [0, 0.05) is 6.20 Å². The van der Waals surface area contributed by atoms with E-state index in [1.165, 1.54) is 31.3 Å². The van der Waals surface area contributed by atoms with Crippen LogP contribution < -0.4 is 27.2 Å². The Hall–Kier alpha value is -3.87. The van der Waals surface area contributed by atoms with E-state index in [4.69, 9.17) is 10.9 Å². The Kier molecular flexibility index (Phi) is 7.25. The van der Waals surface area contributed by atoms with Crippen LogP contribution in [0.25, 0.3) is 5.57 Å². The molecular weight excluding hydrogens is 461 g/mol. The summed E-state index contributed by atoms with van der Waals surface area (Å²) in [6.07, 6.45) is 2.67. The maximum atomic E-state index is 14.6. The molecule has 1 aliphatic carbocycles. The number of sulfonamides is 1. The van der Waals surface area contributed by atoms with Crippen LogP contribution in [0.5, 0.6) is 0 Å². The van der Waals surface area contributed by atoms with Crippen LogP contribution in [-0.4, -0.2) is 31.3 Å². The molecule has 0 aliphatic heterocycles. The smallest absolute Gasteiger partial charge is 0.254 e. The van der Waals surface area contributed by atoms with Gasteiger partial charge in [0.25, 0.3) is 5.91 Å². The predicted molar refractivity (Wildman–Crippen MR) is 129 cm³/mol. The number of carbonyl (C=O) groups excluding carboxylic acids is 1. The fraction of sp³-hybridized carbons (Fsp3) is 0.136. The van der Waals surface area contributed by atoms with Crippen LogP contribution >= 0.6 is 0 Å². The van der Waals surface area contributed by atoms with E-state index >= 15 is 0 Å². The second-order valence-corrected chi connectivity index (χ2v) is 8.73. The summed E-state index contributed by atoms with van der Waals surface area (Å²) >= 11 is 0. The lowest BCUT2D eigenvalue weighted by molar-refractivity contribution is 0.100. The number of carbonyl (C=O) groups is 1. The predicted octanol–water partition coefficient (Wildman–Crippen LogP) is 2.38. The largest absolute Gasteiger partial charge is 0.365 e. The van der Waals surface area contributed by atoms with Gasteiger partial charge in [-0.15, -0.1) is 0 Å². The molecule has 0 saturated heterocycles. The molecule has 8 N–H and O–H groups in total. The van der Waals surface area contributed by atoms with E-state index in [1.54, 1.807) is 12.1 Å². The van der Waals surface area contributed by atoms with Crippen molar-refractivity contribution < 1.29 is 17.6 Å². The highest BCUT2D eigenvalue weighted by atomic mass is 32.2. The fourth-order valence-electron chi connectivity index (χ4n) is 3.45. The summed E-state index contributed by atoms with van der Waals surface area (Å²) in [4.78, 5) is 19.9. The van der Waals surface area contributed by atoms with Gasteiger partial charge in [-0.3, -0.25) is 4.79 Å². The van der Waals surface area contributed by atoms with Gasteiger partial charge in [-0.25, -0.2) is 22.9 Å². The van der Waals surface area contributed by atoms with Crippen LogP contribution in [0, 0.1) is 5.82 Å². The summed E-state index contributed by atoms with van der Waals surface area (Å²) in [6.45, 7) is 3.94. The molecule has 178 valence electrons. The third kappa shape index (κ3) is 5.20. The zero-order chi connectivity index (χ0) is 25.0. The molecule has 12 heteroatoms. The molecule has 1 heterocycles. The first kappa shape index (κ1) is 24.8. The molecule has 1 amide bonds. The Labute approximate surface area is 196 Å². The van der Waals surface area contributed by atoms with Crippen LogP contribution in [0.2, 0.25) is 0 Å². The number of amides is 1. The molecule has 2 aromatic carbocycles. The van der Waals surface area contributed by atoms with Crippen molar-refractivity contribution in [3.8, 4) is 0 Å². The molecule has 10 nitrogen and oxygen atoms in total. The Morgan fingerprint density at radius 2 is 1.82 bits per heavy atom. The number of rotatable bonds is 6. The van der Waals surface area contributed by atoms with E-state index in [9.17, 15) is 17.6 Å². The summed E-state index contributed by atoms with van der Waals surface area (Å²) in [6, 6.07) is 8.90. The van der Waals surface area contributed by atoms with E-state index in [2.05, 4.69) is 32.9 Å². The number of primary amides is 1. The maximum absolute atomic E-state index is 14.6. The number of halogens is 1. The molecule has 0 radical (unpaired) electrons. The van der Waals surface area contributed by atoms with Gasteiger partial charge < -0.3 is 22.1 Å². The number of para-hydroxylation sites is 1. The molecule has 1 aliphatic rings. The molecular formula is C22H24FN7O3S. The van der Waals surface area contributed by atoms with Gasteiger partial charge in [-0.1, -0.05) is 18.7 Å². The van der Waals surface area contributed by atoms with Gasteiger partial charge in [0.15, 0.2) is 0 Å². The quantitative estimate of drug-likeness (QED) is 0.353. The van der Waals surface area contributed by atoms with Crippen molar-refractivity contribution in [2.75, 3.05) is 17.7 Å². The molecule has 0 atom stereocenters. The van der Waals surface area contributed by atoms with Crippen molar-refractivity contribution >= 4 is 44.6 Å². The van der Waals surface area contributed by atoms with E-state index in [0.717, 1.165) is 35.7 Å². The lowest BCUT2D eigenvalue weighted by Crippen LogP contribution is -2.17. The Morgan fingerprint density at radius 3 is 2.50 bits per heavy atom. The zero-order valence-corrected chi connectivity index (χ0v) is 19.1. The molecule has 34 heavy (non-hydrogen) atoms. The number of aromatic nitrogens is 2. The van der Waals surface area contributed by atoms with Crippen molar-refractivity contribution in [2.45, 2.75) is 17.7 Å². The number of hydrogen-bond acceptors (Lipinski definition) is 8. The number of benzene rings is 2. The SMILES string of the molecule is C=C1CCc2cc(Nc3ncc(C(N)=O)c(Nc4ccccc4S(N)(=O)=O)n3)c(F)cc21.CN. The lowest BCUT2D eigenvalue weighted by Gasteiger charge is -2.14. The number of aryl methyl sites for hydroxylation is 1. The first-order valence-corrected chi connectivity index (χ1v) is 11.6. The van der Waals surface area contributed by atoms with Crippen LogP contribution in [0.15, 0.2) is 54.1 Å². The van der Waals surface area contributed by atoms with Crippen LogP contribution in [0.3, 0.4) is 0 Å². The third-order valence-electron chi connectivity index (χ3n) is 5.02. The normalized spacial score (nSPS) is 12.4. The van der Waals surface area contributed by atoms with Crippen LogP contribution in [0.4, 0.5) is 27.5 Å². The molecule has 0 unspecified atom stereocenters. The average Bonchev–Trinajstić information content (AvgIpc) is 3.14. The fourth-order valence-corrected chi connectivity index (χ4v) is 4.15. The van der Waals surface area contributed by atoms with Gasteiger partial charge in [-0.05, 0) is 60.9 Å². The van der Waals surface area contributed by atoms with Gasteiger partial charge in [0.1, 0.15) is 22.1 Å². The van der Waals surface area contributed by atoms with Gasteiger partial charge >= 0.3 is 0 Å². The highest BCUT2D eigenvalue weighted by molar-refractivity contribution is 7.89. The van der Waals surface area contributed by atoms with Gasteiger partial charge in [0.05, 0.1) is 11.4 Å². The summed E-state index contributed by atoms with van der Waals surface area (Å²) in [5.41, 5.74) is 12.7. The monoisotopic (exact) mass is 485 g/mol. The minimum Gasteiger partial charge on any atom is -0.365 e. The van der Waals surface area contributed by atoms with Crippen LogP contribution in [0.1, 0.15) is 27.9 Å². The molecule has 3 aromatic rings. The number of hydrogen-bond donors (Lipinski definition) is 5. The minimum absolute atomic E-state index is 0.0266. The number of allylic oxidation sites excluding steroid dienone is 1. The second-order valence-electron chi connectivity index (χ2n) is 7.20. The second kappa shape index (κ2) is 9.95.